The number of carbonyl (C=O) groups is 1. The van der Waals surface area contributed by atoms with E-state index in [0.29, 0.717) is 16.8 Å². The third kappa shape index (κ3) is 3.44. The molecular formula is C20H17N3O3. The quantitative estimate of drug-likeness (QED) is 0.298. The first-order valence-corrected chi connectivity index (χ1v) is 8.06. The molecule has 26 heavy (non-hydrogen) atoms. The summed E-state index contributed by atoms with van der Waals surface area (Å²) in [4.78, 5) is 23.0. The zero-order valence-electron chi connectivity index (χ0n) is 14.4. The molecule has 2 aromatic carbocycles. The Hall–Kier alpha value is -3.54. The fraction of sp³-hybridized carbons (Fsp3) is 0.100. The number of nitro groups is 1. The van der Waals surface area contributed by atoms with E-state index in [0.717, 1.165) is 11.4 Å². The van der Waals surface area contributed by atoms with Crippen molar-refractivity contribution in [1.82, 2.24) is 9.78 Å². The van der Waals surface area contributed by atoms with Crippen LogP contribution in [0.5, 0.6) is 0 Å². The molecule has 0 N–H and O–H groups in total. The SMILES string of the molecule is Cc1nn(-c2ccccc2)c(C)c1C(=O)/C=C/c1cccc([N+](=O)[O-])c1. The molecule has 0 unspecified atom stereocenters. The molecule has 0 amide bonds. The summed E-state index contributed by atoms with van der Waals surface area (Å²) in [6.45, 7) is 3.64. The van der Waals surface area contributed by atoms with Crippen LogP contribution >= 0.6 is 0 Å². The summed E-state index contributed by atoms with van der Waals surface area (Å²) in [7, 11) is 0. The Morgan fingerprint density at radius 3 is 2.54 bits per heavy atom. The molecule has 0 spiro atoms. The maximum atomic E-state index is 12.6. The van der Waals surface area contributed by atoms with Crippen molar-refractivity contribution in [3.05, 3.63) is 93.3 Å². The third-order valence-electron chi connectivity index (χ3n) is 4.05. The zero-order valence-corrected chi connectivity index (χ0v) is 14.4. The van der Waals surface area contributed by atoms with Crippen molar-refractivity contribution in [3.8, 4) is 5.69 Å². The first-order chi connectivity index (χ1) is 12.5. The number of non-ortho nitro benzene ring substituents is 1. The minimum absolute atomic E-state index is 0.0103. The second-order valence-electron chi connectivity index (χ2n) is 5.84. The van der Waals surface area contributed by atoms with Crippen molar-refractivity contribution >= 4 is 17.5 Å². The van der Waals surface area contributed by atoms with E-state index in [4.69, 9.17) is 0 Å². The van der Waals surface area contributed by atoms with Crippen LogP contribution in [0.1, 0.15) is 27.3 Å². The molecule has 0 saturated carbocycles. The van der Waals surface area contributed by atoms with E-state index in [1.807, 2.05) is 37.3 Å². The van der Waals surface area contributed by atoms with Crippen molar-refractivity contribution in [1.29, 1.82) is 0 Å². The van der Waals surface area contributed by atoms with Crippen LogP contribution in [0.3, 0.4) is 0 Å². The number of carbonyl (C=O) groups excluding carboxylic acids is 1. The monoisotopic (exact) mass is 347 g/mol. The second kappa shape index (κ2) is 7.14. The standard InChI is InChI=1S/C20H17N3O3/c1-14-20(15(2)22(21-14)17-8-4-3-5-9-17)19(24)12-11-16-7-6-10-18(13-16)23(25)26/h3-13H,1-2H3/b12-11+. The lowest BCUT2D eigenvalue weighted by Crippen LogP contribution is -2.01. The highest BCUT2D eigenvalue weighted by Gasteiger charge is 2.17. The maximum Gasteiger partial charge on any atom is 0.270 e. The van der Waals surface area contributed by atoms with Gasteiger partial charge in [-0.3, -0.25) is 14.9 Å². The average Bonchev–Trinajstić information content (AvgIpc) is 2.95. The molecule has 0 fully saturated rings. The van der Waals surface area contributed by atoms with Crippen molar-refractivity contribution in [2.75, 3.05) is 0 Å². The van der Waals surface area contributed by atoms with Gasteiger partial charge in [0.25, 0.3) is 5.69 Å². The van der Waals surface area contributed by atoms with E-state index in [2.05, 4.69) is 5.10 Å². The Kier molecular flexibility index (Phi) is 4.75. The Morgan fingerprint density at radius 2 is 1.85 bits per heavy atom. The van der Waals surface area contributed by atoms with E-state index < -0.39 is 4.92 Å². The summed E-state index contributed by atoms with van der Waals surface area (Å²) in [5.41, 5.74) is 3.40. The molecule has 0 aliphatic carbocycles. The van der Waals surface area contributed by atoms with Crippen molar-refractivity contribution in [3.63, 3.8) is 0 Å². The van der Waals surface area contributed by atoms with Crippen molar-refractivity contribution < 1.29 is 9.72 Å². The molecule has 0 bridgehead atoms. The number of nitrogens with zero attached hydrogens (tertiary/aromatic N) is 3. The van der Waals surface area contributed by atoms with Crippen molar-refractivity contribution in [2.24, 2.45) is 0 Å². The largest absolute Gasteiger partial charge is 0.289 e. The second-order valence-corrected chi connectivity index (χ2v) is 5.84. The fourth-order valence-corrected chi connectivity index (χ4v) is 2.82. The number of ketones is 1. The van der Waals surface area contributed by atoms with Crippen LogP contribution in [0.25, 0.3) is 11.8 Å². The molecule has 3 rings (SSSR count). The lowest BCUT2D eigenvalue weighted by molar-refractivity contribution is -0.384. The predicted molar refractivity (Wildman–Crippen MR) is 99.5 cm³/mol. The molecule has 0 aliphatic heterocycles. The van der Waals surface area contributed by atoms with Gasteiger partial charge in [-0.15, -0.1) is 0 Å². The van der Waals surface area contributed by atoms with Gasteiger partial charge in [-0.05, 0) is 37.6 Å². The summed E-state index contributed by atoms with van der Waals surface area (Å²) in [6, 6.07) is 15.7. The van der Waals surface area contributed by atoms with E-state index in [1.165, 1.54) is 18.2 Å². The number of nitro benzene ring substituents is 1. The number of allylic oxidation sites excluding steroid dienone is 1. The van der Waals surface area contributed by atoms with Gasteiger partial charge in [-0.1, -0.05) is 36.4 Å². The average molecular weight is 347 g/mol. The van der Waals surface area contributed by atoms with Crippen LogP contribution in [-0.2, 0) is 0 Å². The molecule has 130 valence electrons. The minimum Gasteiger partial charge on any atom is -0.289 e. The highest BCUT2D eigenvalue weighted by molar-refractivity contribution is 6.08. The van der Waals surface area contributed by atoms with Gasteiger partial charge in [0.1, 0.15) is 0 Å². The zero-order chi connectivity index (χ0) is 18.7. The summed E-state index contributed by atoms with van der Waals surface area (Å²) < 4.78 is 1.74. The lowest BCUT2D eigenvalue weighted by atomic mass is 10.1. The first-order valence-electron chi connectivity index (χ1n) is 8.06. The van der Waals surface area contributed by atoms with Crippen molar-refractivity contribution in [2.45, 2.75) is 13.8 Å². The Bertz CT molecular complexity index is 1000. The molecule has 3 aromatic rings. The van der Waals surface area contributed by atoms with Crippen LogP contribution in [0.2, 0.25) is 0 Å². The number of hydrogen-bond acceptors (Lipinski definition) is 4. The molecule has 6 heteroatoms. The van der Waals surface area contributed by atoms with Gasteiger partial charge in [-0.2, -0.15) is 5.10 Å². The lowest BCUT2D eigenvalue weighted by Gasteiger charge is -2.04. The van der Waals surface area contributed by atoms with Gasteiger partial charge >= 0.3 is 0 Å². The number of aryl methyl sites for hydroxylation is 1. The summed E-state index contributed by atoms with van der Waals surface area (Å²) in [6.07, 6.45) is 3.00. The van der Waals surface area contributed by atoms with Gasteiger partial charge in [-0.25, -0.2) is 4.68 Å². The normalized spacial score (nSPS) is 11.0. The van der Waals surface area contributed by atoms with E-state index >= 15 is 0 Å². The maximum absolute atomic E-state index is 12.6. The molecular weight excluding hydrogens is 330 g/mol. The van der Waals surface area contributed by atoms with Gasteiger partial charge in [0.15, 0.2) is 5.78 Å². The minimum atomic E-state index is -0.461. The molecule has 0 aliphatic rings. The van der Waals surface area contributed by atoms with Gasteiger partial charge in [0.05, 0.1) is 27.6 Å². The van der Waals surface area contributed by atoms with Crippen LogP contribution < -0.4 is 0 Å². The van der Waals surface area contributed by atoms with E-state index in [9.17, 15) is 14.9 Å². The highest BCUT2D eigenvalue weighted by Crippen LogP contribution is 2.20. The number of para-hydroxylation sites is 1. The Balaban J connectivity index is 1.90. The summed E-state index contributed by atoms with van der Waals surface area (Å²) in [5.74, 6) is -0.186. The molecule has 1 heterocycles. The fourth-order valence-electron chi connectivity index (χ4n) is 2.82. The molecule has 6 nitrogen and oxygen atoms in total. The highest BCUT2D eigenvalue weighted by atomic mass is 16.6. The first kappa shape index (κ1) is 17.3. The smallest absolute Gasteiger partial charge is 0.270 e. The van der Waals surface area contributed by atoms with Crippen LogP contribution in [0, 0.1) is 24.0 Å². The number of benzene rings is 2. The molecule has 0 saturated heterocycles. The number of aromatic nitrogens is 2. The Labute approximate surface area is 150 Å². The van der Waals surface area contributed by atoms with Gasteiger partial charge in [0, 0.05) is 12.1 Å². The Morgan fingerprint density at radius 1 is 1.12 bits per heavy atom. The van der Waals surface area contributed by atoms with Crippen LogP contribution in [0.15, 0.2) is 60.7 Å². The summed E-state index contributed by atoms with van der Waals surface area (Å²) >= 11 is 0. The molecule has 1 aromatic heterocycles. The van der Waals surface area contributed by atoms with Gasteiger partial charge < -0.3 is 0 Å². The molecule has 0 atom stereocenters. The van der Waals surface area contributed by atoms with E-state index in [-0.39, 0.29) is 11.5 Å². The predicted octanol–water partition coefficient (Wildman–Crippen LogP) is 4.29. The number of hydrogen-bond donors (Lipinski definition) is 0. The van der Waals surface area contributed by atoms with Gasteiger partial charge in [0.2, 0.25) is 0 Å². The topological polar surface area (TPSA) is 78.0 Å². The van der Waals surface area contributed by atoms with Crippen LogP contribution in [0.4, 0.5) is 5.69 Å². The molecule has 0 radical (unpaired) electrons. The van der Waals surface area contributed by atoms with Crippen LogP contribution in [-0.4, -0.2) is 20.5 Å². The van der Waals surface area contributed by atoms with E-state index in [1.54, 1.807) is 29.8 Å². The number of rotatable bonds is 5. The third-order valence-corrected chi connectivity index (χ3v) is 4.05. The summed E-state index contributed by atoms with van der Waals surface area (Å²) in [5, 5.41) is 15.3.